The largest absolute Gasteiger partial charge is 0.416 e. The molecule has 0 bridgehead atoms. The van der Waals surface area contributed by atoms with Crippen LogP contribution in [0.5, 0.6) is 0 Å². The summed E-state index contributed by atoms with van der Waals surface area (Å²) < 4.78 is 86.5. The second-order valence-corrected chi connectivity index (χ2v) is 10.3. The summed E-state index contributed by atoms with van der Waals surface area (Å²) in [6.45, 7) is 1.81. The molecule has 2 aromatic carbocycles. The summed E-state index contributed by atoms with van der Waals surface area (Å²) in [6.07, 6.45) is -10.4. The Labute approximate surface area is 233 Å². The molecule has 0 unspecified atom stereocenters. The number of piperidine rings is 2. The SMILES string of the molecule is C[C@@H](O[C@H]1CCN(C(=O)CCN2C(=O)CCCC2=O)C[C@H]1c1ccccc1)c1cc(C(F)(F)F)cc(C(F)(F)F)c1. The van der Waals surface area contributed by atoms with Gasteiger partial charge in [0, 0.05) is 44.8 Å². The average molecular weight is 585 g/mol. The number of halogens is 6. The van der Waals surface area contributed by atoms with E-state index in [2.05, 4.69) is 0 Å². The monoisotopic (exact) mass is 584 g/mol. The molecule has 2 heterocycles. The van der Waals surface area contributed by atoms with Gasteiger partial charge in [-0.3, -0.25) is 19.3 Å². The predicted octanol–water partition coefficient (Wildman–Crippen LogP) is 6.12. The molecule has 0 aliphatic carbocycles. The van der Waals surface area contributed by atoms with Crippen molar-refractivity contribution in [2.45, 2.75) is 69.5 Å². The van der Waals surface area contributed by atoms with E-state index < -0.39 is 41.6 Å². The highest BCUT2D eigenvalue weighted by Gasteiger charge is 2.39. The minimum absolute atomic E-state index is 0.0168. The predicted molar refractivity (Wildman–Crippen MR) is 135 cm³/mol. The van der Waals surface area contributed by atoms with Gasteiger partial charge in [-0.05, 0) is 49.1 Å². The average Bonchev–Trinajstić information content (AvgIpc) is 2.92. The smallest absolute Gasteiger partial charge is 0.370 e. The molecule has 2 aliphatic heterocycles. The third-order valence-corrected chi connectivity index (χ3v) is 7.52. The van der Waals surface area contributed by atoms with Crippen molar-refractivity contribution >= 4 is 17.7 Å². The molecule has 0 radical (unpaired) electrons. The summed E-state index contributed by atoms with van der Waals surface area (Å²) in [6, 6.07) is 10.4. The number of imide groups is 1. The minimum Gasteiger partial charge on any atom is -0.370 e. The van der Waals surface area contributed by atoms with Gasteiger partial charge in [-0.25, -0.2) is 0 Å². The number of rotatable bonds is 7. The maximum absolute atomic E-state index is 13.4. The van der Waals surface area contributed by atoms with Crippen LogP contribution in [0.25, 0.3) is 0 Å². The fraction of sp³-hybridized carbons (Fsp3) is 0.483. The normalized spacial score (nSPS) is 21.2. The third kappa shape index (κ3) is 7.46. The van der Waals surface area contributed by atoms with Crippen LogP contribution in [-0.2, 0) is 31.5 Å². The number of likely N-dealkylation sites (tertiary alicyclic amines) is 2. The van der Waals surface area contributed by atoms with Crippen LogP contribution in [0.1, 0.15) is 73.3 Å². The van der Waals surface area contributed by atoms with Crippen molar-refractivity contribution in [2.24, 2.45) is 0 Å². The van der Waals surface area contributed by atoms with Crippen molar-refractivity contribution in [1.29, 1.82) is 0 Å². The quantitative estimate of drug-likeness (QED) is 0.291. The lowest BCUT2D eigenvalue weighted by Gasteiger charge is -2.40. The second-order valence-electron chi connectivity index (χ2n) is 10.3. The fourth-order valence-corrected chi connectivity index (χ4v) is 5.31. The highest BCUT2D eigenvalue weighted by Crippen LogP contribution is 2.39. The van der Waals surface area contributed by atoms with Crippen molar-refractivity contribution in [3.05, 3.63) is 70.8 Å². The van der Waals surface area contributed by atoms with Gasteiger partial charge in [-0.15, -0.1) is 0 Å². The molecule has 2 aromatic rings. The molecule has 0 aromatic heterocycles. The van der Waals surface area contributed by atoms with Crippen molar-refractivity contribution in [3.63, 3.8) is 0 Å². The second kappa shape index (κ2) is 12.2. The molecule has 222 valence electrons. The Kier molecular flexibility index (Phi) is 9.10. The molecule has 0 saturated carbocycles. The van der Waals surface area contributed by atoms with Gasteiger partial charge in [0.2, 0.25) is 17.7 Å². The molecule has 2 fully saturated rings. The van der Waals surface area contributed by atoms with Crippen LogP contribution < -0.4 is 0 Å². The van der Waals surface area contributed by atoms with E-state index in [1.807, 2.05) is 12.1 Å². The lowest BCUT2D eigenvalue weighted by atomic mass is 9.87. The molecule has 41 heavy (non-hydrogen) atoms. The molecule has 2 saturated heterocycles. The van der Waals surface area contributed by atoms with E-state index in [1.165, 1.54) is 6.92 Å². The summed E-state index contributed by atoms with van der Waals surface area (Å²) in [5.74, 6) is -1.29. The highest BCUT2D eigenvalue weighted by atomic mass is 19.4. The van der Waals surface area contributed by atoms with Gasteiger partial charge in [0.05, 0.1) is 23.3 Å². The first kappa shape index (κ1) is 30.5. The molecule has 2 aliphatic rings. The van der Waals surface area contributed by atoms with Crippen molar-refractivity contribution in [2.75, 3.05) is 19.6 Å². The lowest BCUT2D eigenvalue weighted by Crippen LogP contribution is -2.47. The molecule has 6 nitrogen and oxygen atoms in total. The van der Waals surface area contributed by atoms with Gasteiger partial charge >= 0.3 is 12.4 Å². The van der Waals surface area contributed by atoms with Gasteiger partial charge in [0.25, 0.3) is 0 Å². The summed E-state index contributed by atoms with van der Waals surface area (Å²) in [5, 5.41) is 0. The number of hydrogen-bond donors (Lipinski definition) is 0. The first-order chi connectivity index (χ1) is 19.2. The summed E-state index contributed by atoms with van der Waals surface area (Å²) in [7, 11) is 0. The van der Waals surface area contributed by atoms with Crippen LogP contribution in [0.15, 0.2) is 48.5 Å². The molecule has 3 atom stereocenters. The Balaban J connectivity index is 1.51. The molecule has 0 spiro atoms. The van der Waals surface area contributed by atoms with Crippen LogP contribution in [0.2, 0.25) is 0 Å². The zero-order chi connectivity index (χ0) is 29.9. The maximum atomic E-state index is 13.4. The van der Waals surface area contributed by atoms with Crippen molar-refractivity contribution in [3.8, 4) is 0 Å². The number of nitrogens with zero attached hydrogens (tertiary/aromatic N) is 2. The summed E-state index contributed by atoms with van der Waals surface area (Å²) >= 11 is 0. The van der Waals surface area contributed by atoms with E-state index >= 15 is 0 Å². The number of alkyl halides is 6. The summed E-state index contributed by atoms with van der Waals surface area (Å²) in [5.41, 5.74) is -2.29. The lowest BCUT2D eigenvalue weighted by molar-refractivity contribution is -0.149. The Morgan fingerprint density at radius 1 is 0.951 bits per heavy atom. The van der Waals surface area contributed by atoms with Crippen molar-refractivity contribution < 1.29 is 45.5 Å². The standard InChI is InChI=1S/C29H30F6N2O4/c1-18(20-14-21(28(30,31)32)16-22(15-20)29(33,34)35)41-24-10-12-36(17-23(24)19-6-3-2-4-7-19)25(38)11-13-37-26(39)8-5-9-27(37)40/h2-4,6-7,14-16,18,23-24H,5,8-13,17H2,1H3/t18-,23+,24+/m1/s1. The number of ether oxygens (including phenoxy) is 1. The number of carbonyl (C=O) groups excluding carboxylic acids is 3. The van der Waals surface area contributed by atoms with E-state index in [-0.39, 0.29) is 74.7 Å². The van der Waals surface area contributed by atoms with Crippen LogP contribution in [0.4, 0.5) is 26.3 Å². The number of amides is 3. The first-order valence-electron chi connectivity index (χ1n) is 13.3. The summed E-state index contributed by atoms with van der Waals surface area (Å²) in [4.78, 5) is 39.9. The van der Waals surface area contributed by atoms with E-state index in [4.69, 9.17) is 4.74 Å². The number of carbonyl (C=O) groups is 3. The van der Waals surface area contributed by atoms with Gasteiger partial charge in [-0.2, -0.15) is 26.3 Å². The molecular formula is C29H30F6N2O4. The van der Waals surface area contributed by atoms with Gasteiger partial charge < -0.3 is 9.64 Å². The van der Waals surface area contributed by atoms with E-state index in [1.54, 1.807) is 23.1 Å². The topological polar surface area (TPSA) is 66.9 Å². The fourth-order valence-electron chi connectivity index (χ4n) is 5.31. The highest BCUT2D eigenvalue weighted by molar-refractivity contribution is 5.97. The van der Waals surface area contributed by atoms with E-state index in [0.29, 0.717) is 18.6 Å². The van der Waals surface area contributed by atoms with Crippen LogP contribution in [-0.4, -0.2) is 53.3 Å². The molecule has 0 N–H and O–H groups in total. The van der Waals surface area contributed by atoms with Crippen LogP contribution in [0.3, 0.4) is 0 Å². The molecule has 4 rings (SSSR count). The number of hydrogen-bond acceptors (Lipinski definition) is 4. The molecular weight excluding hydrogens is 554 g/mol. The number of benzene rings is 2. The Morgan fingerprint density at radius 2 is 1.54 bits per heavy atom. The first-order valence-corrected chi connectivity index (χ1v) is 13.3. The van der Waals surface area contributed by atoms with E-state index in [9.17, 15) is 40.7 Å². The van der Waals surface area contributed by atoms with Crippen LogP contribution in [0, 0.1) is 0 Å². The van der Waals surface area contributed by atoms with Crippen LogP contribution >= 0.6 is 0 Å². The van der Waals surface area contributed by atoms with Gasteiger partial charge in [0.1, 0.15) is 0 Å². The maximum Gasteiger partial charge on any atom is 0.416 e. The Hall–Kier alpha value is -3.41. The minimum atomic E-state index is -4.97. The zero-order valence-electron chi connectivity index (χ0n) is 22.3. The van der Waals surface area contributed by atoms with E-state index in [0.717, 1.165) is 10.5 Å². The van der Waals surface area contributed by atoms with Gasteiger partial charge in [-0.1, -0.05) is 30.3 Å². The molecule has 12 heteroatoms. The third-order valence-electron chi connectivity index (χ3n) is 7.52. The van der Waals surface area contributed by atoms with Gasteiger partial charge in [0.15, 0.2) is 0 Å². The Morgan fingerprint density at radius 3 is 2.10 bits per heavy atom. The zero-order valence-corrected chi connectivity index (χ0v) is 22.3. The Bertz CT molecular complexity index is 1220. The van der Waals surface area contributed by atoms with Crippen molar-refractivity contribution in [1.82, 2.24) is 9.80 Å². The molecule has 3 amide bonds.